The molecular formula is C15H23NO6. The maximum atomic E-state index is 11.8. The molecule has 0 bridgehead atoms. The number of carbonyl (C=O) groups is 3. The molecule has 0 saturated carbocycles. The zero-order valence-electron chi connectivity index (χ0n) is 13.3. The lowest BCUT2D eigenvalue weighted by atomic mass is 10.4. The van der Waals surface area contributed by atoms with Gasteiger partial charge in [0, 0.05) is 11.1 Å². The van der Waals surface area contributed by atoms with E-state index in [0.717, 1.165) is 0 Å². The van der Waals surface area contributed by atoms with E-state index in [9.17, 15) is 14.4 Å². The zero-order chi connectivity index (χ0) is 17.1. The van der Waals surface area contributed by atoms with Crippen molar-refractivity contribution in [3.63, 3.8) is 0 Å². The Kier molecular flexibility index (Phi) is 9.33. The van der Waals surface area contributed by atoms with Crippen LogP contribution in [-0.2, 0) is 23.8 Å². The first-order valence-electron chi connectivity index (χ1n) is 6.86. The molecule has 124 valence electrons. The van der Waals surface area contributed by atoms with Crippen molar-refractivity contribution in [1.82, 2.24) is 4.90 Å². The fourth-order valence-corrected chi connectivity index (χ4v) is 1.25. The van der Waals surface area contributed by atoms with E-state index in [2.05, 4.69) is 13.2 Å². The average Bonchev–Trinajstić information content (AvgIpc) is 2.45. The first kappa shape index (κ1) is 19.7. The third-order valence-electron chi connectivity index (χ3n) is 2.41. The molecule has 0 spiro atoms. The van der Waals surface area contributed by atoms with Gasteiger partial charge in [-0.15, -0.1) is 0 Å². The first-order valence-corrected chi connectivity index (χ1v) is 6.86. The van der Waals surface area contributed by atoms with Crippen molar-refractivity contribution in [2.24, 2.45) is 0 Å². The van der Waals surface area contributed by atoms with Crippen LogP contribution >= 0.6 is 0 Å². The molecule has 0 aliphatic rings. The van der Waals surface area contributed by atoms with Gasteiger partial charge in [0.05, 0.1) is 19.7 Å². The predicted octanol–water partition coefficient (Wildman–Crippen LogP) is 1.68. The van der Waals surface area contributed by atoms with Crippen LogP contribution in [-0.4, -0.2) is 55.8 Å². The third kappa shape index (κ3) is 8.08. The maximum Gasteiger partial charge on any atom is 0.409 e. The summed E-state index contributed by atoms with van der Waals surface area (Å²) in [6.45, 7) is 12.1. The van der Waals surface area contributed by atoms with Crippen molar-refractivity contribution in [1.29, 1.82) is 0 Å². The highest BCUT2D eigenvalue weighted by Crippen LogP contribution is 1.99. The van der Waals surface area contributed by atoms with Gasteiger partial charge in [-0.3, -0.25) is 0 Å². The highest BCUT2D eigenvalue weighted by molar-refractivity contribution is 5.87. The number of nitrogens with zero attached hydrogens (tertiary/aromatic N) is 1. The van der Waals surface area contributed by atoms with E-state index in [0.29, 0.717) is 0 Å². The van der Waals surface area contributed by atoms with Gasteiger partial charge >= 0.3 is 18.0 Å². The quantitative estimate of drug-likeness (QED) is 0.366. The van der Waals surface area contributed by atoms with Gasteiger partial charge < -0.3 is 19.1 Å². The third-order valence-corrected chi connectivity index (χ3v) is 2.41. The minimum Gasteiger partial charge on any atom is -0.460 e. The summed E-state index contributed by atoms with van der Waals surface area (Å²) in [6, 6.07) is 0. The van der Waals surface area contributed by atoms with Crippen molar-refractivity contribution < 1.29 is 28.6 Å². The Morgan fingerprint density at radius 1 is 0.864 bits per heavy atom. The molecule has 0 fully saturated rings. The normalized spacial score (nSPS) is 9.59. The molecule has 7 heteroatoms. The van der Waals surface area contributed by atoms with Crippen LogP contribution in [0.2, 0.25) is 0 Å². The van der Waals surface area contributed by atoms with E-state index in [-0.39, 0.29) is 44.1 Å². The van der Waals surface area contributed by atoms with Gasteiger partial charge in [-0.2, -0.15) is 0 Å². The highest BCUT2D eigenvalue weighted by Gasteiger charge is 2.16. The largest absolute Gasteiger partial charge is 0.460 e. The molecular weight excluding hydrogens is 290 g/mol. The van der Waals surface area contributed by atoms with Gasteiger partial charge in [-0.25, -0.2) is 14.4 Å². The Hall–Kier alpha value is -2.31. The number of carbonyl (C=O) groups excluding carboxylic acids is 3. The van der Waals surface area contributed by atoms with E-state index in [1.54, 1.807) is 6.92 Å². The molecule has 0 aliphatic carbocycles. The molecule has 0 radical (unpaired) electrons. The Balaban J connectivity index is 4.35. The maximum absolute atomic E-state index is 11.8. The summed E-state index contributed by atoms with van der Waals surface area (Å²) in [7, 11) is 0. The fraction of sp³-hybridized carbons (Fsp3) is 0.533. The van der Waals surface area contributed by atoms with Gasteiger partial charge in [0.25, 0.3) is 0 Å². The van der Waals surface area contributed by atoms with Gasteiger partial charge in [0.1, 0.15) is 13.2 Å². The Morgan fingerprint density at radius 2 is 1.27 bits per heavy atom. The Bertz CT molecular complexity index is 411. The number of ether oxygens (including phenoxy) is 3. The molecule has 0 aliphatic heterocycles. The van der Waals surface area contributed by atoms with Crippen LogP contribution in [0.5, 0.6) is 0 Å². The van der Waals surface area contributed by atoms with Crippen LogP contribution in [0, 0.1) is 0 Å². The molecule has 0 aromatic heterocycles. The Morgan fingerprint density at radius 3 is 1.59 bits per heavy atom. The van der Waals surface area contributed by atoms with Crippen molar-refractivity contribution in [3.8, 4) is 0 Å². The molecule has 0 atom stereocenters. The number of rotatable bonds is 9. The molecule has 1 amide bonds. The van der Waals surface area contributed by atoms with Crippen LogP contribution < -0.4 is 0 Å². The molecule has 0 aromatic rings. The fourth-order valence-electron chi connectivity index (χ4n) is 1.25. The zero-order valence-corrected chi connectivity index (χ0v) is 13.3. The molecule has 7 nitrogen and oxygen atoms in total. The van der Waals surface area contributed by atoms with Crippen LogP contribution in [0.1, 0.15) is 20.8 Å². The second-order valence-corrected chi connectivity index (χ2v) is 4.52. The monoisotopic (exact) mass is 313 g/mol. The molecule has 22 heavy (non-hydrogen) atoms. The van der Waals surface area contributed by atoms with Gasteiger partial charge in [0.2, 0.25) is 0 Å². The summed E-state index contributed by atoms with van der Waals surface area (Å²) in [5, 5.41) is 0. The predicted molar refractivity (Wildman–Crippen MR) is 80.1 cm³/mol. The summed E-state index contributed by atoms with van der Waals surface area (Å²) >= 11 is 0. The molecule has 0 rings (SSSR count). The Labute approximate surface area is 130 Å². The SMILES string of the molecule is C=C(C)C(=O)OCCN(CCOC(=O)C(=C)C)C(=O)OCC. The molecule has 0 heterocycles. The van der Waals surface area contributed by atoms with E-state index >= 15 is 0 Å². The van der Waals surface area contributed by atoms with E-state index in [4.69, 9.17) is 14.2 Å². The van der Waals surface area contributed by atoms with Crippen molar-refractivity contribution in [2.75, 3.05) is 32.9 Å². The van der Waals surface area contributed by atoms with E-state index < -0.39 is 18.0 Å². The second-order valence-electron chi connectivity index (χ2n) is 4.52. The lowest BCUT2D eigenvalue weighted by Crippen LogP contribution is -2.37. The molecule has 0 aromatic carbocycles. The summed E-state index contributed by atoms with van der Waals surface area (Å²) in [5.74, 6) is -1.06. The summed E-state index contributed by atoms with van der Waals surface area (Å²) in [5.41, 5.74) is 0.552. The summed E-state index contributed by atoms with van der Waals surface area (Å²) < 4.78 is 14.7. The smallest absolute Gasteiger partial charge is 0.409 e. The standard InChI is InChI=1S/C15H23NO6/c1-6-20-15(19)16(7-9-21-13(17)11(2)3)8-10-22-14(18)12(4)5/h2,4,6-10H2,1,3,5H3. The van der Waals surface area contributed by atoms with E-state index in [1.165, 1.54) is 18.7 Å². The van der Waals surface area contributed by atoms with Crippen LogP contribution in [0.3, 0.4) is 0 Å². The minimum absolute atomic E-state index is 0.00105. The average molecular weight is 313 g/mol. The first-order chi connectivity index (χ1) is 10.3. The van der Waals surface area contributed by atoms with Crippen molar-refractivity contribution >= 4 is 18.0 Å². The van der Waals surface area contributed by atoms with Crippen molar-refractivity contribution in [2.45, 2.75) is 20.8 Å². The lowest BCUT2D eigenvalue weighted by Gasteiger charge is -2.21. The van der Waals surface area contributed by atoms with Gasteiger partial charge in [-0.05, 0) is 20.8 Å². The topological polar surface area (TPSA) is 82.1 Å². The molecule has 0 unspecified atom stereocenters. The lowest BCUT2D eigenvalue weighted by molar-refractivity contribution is -0.139. The summed E-state index contributed by atoms with van der Waals surface area (Å²) in [6.07, 6.45) is -0.569. The number of esters is 2. The van der Waals surface area contributed by atoms with Crippen LogP contribution in [0.25, 0.3) is 0 Å². The minimum atomic E-state index is -0.569. The van der Waals surface area contributed by atoms with Crippen LogP contribution in [0.15, 0.2) is 24.3 Å². The van der Waals surface area contributed by atoms with Crippen LogP contribution in [0.4, 0.5) is 4.79 Å². The number of amides is 1. The molecule has 0 N–H and O–H groups in total. The number of hydrogen-bond acceptors (Lipinski definition) is 6. The number of hydrogen-bond donors (Lipinski definition) is 0. The molecule has 0 saturated heterocycles. The second kappa shape index (κ2) is 10.4. The van der Waals surface area contributed by atoms with Gasteiger partial charge in [0.15, 0.2) is 0 Å². The van der Waals surface area contributed by atoms with Crippen molar-refractivity contribution in [3.05, 3.63) is 24.3 Å². The summed E-state index contributed by atoms with van der Waals surface area (Å²) in [4.78, 5) is 35.6. The van der Waals surface area contributed by atoms with Gasteiger partial charge in [-0.1, -0.05) is 13.2 Å². The highest BCUT2D eigenvalue weighted by atomic mass is 16.6. The van der Waals surface area contributed by atoms with E-state index in [1.807, 2.05) is 0 Å².